The van der Waals surface area contributed by atoms with E-state index in [4.69, 9.17) is 0 Å². The Bertz CT molecular complexity index is 235. The monoisotopic (exact) mass is 169 g/mol. The van der Waals surface area contributed by atoms with Crippen LogP contribution in [0.4, 0.5) is 0 Å². The molecule has 0 amide bonds. The van der Waals surface area contributed by atoms with Crippen molar-refractivity contribution in [2.24, 2.45) is 0 Å². The van der Waals surface area contributed by atoms with Crippen molar-refractivity contribution in [3.8, 4) is 0 Å². The number of aromatic nitrogens is 1. The van der Waals surface area contributed by atoms with Gasteiger partial charge in [-0.25, -0.2) is 0 Å². The van der Waals surface area contributed by atoms with Crippen molar-refractivity contribution in [3.05, 3.63) is 30.1 Å². The fourth-order valence-electron chi connectivity index (χ4n) is 0.771. The maximum atomic E-state index is 11.1. The standard InChI is InChI=1S/C8H11NOS/c1-2-11(10)7-8-4-3-5-9-6-8/h3-6H,2,7H2,1H3. The first-order valence-corrected chi connectivity index (χ1v) is 5.05. The van der Waals surface area contributed by atoms with Crippen LogP contribution in [-0.4, -0.2) is 14.9 Å². The van der Waals surface area contributed by atoms with Crippen LogP contribution in [0.15, 0.2) is 24.5 Å². The summed E-state index contributed by atoms with van der Waals surface area (Å²) in [6, 6.07) is 3.81. The van der Waals surface area contributed by atoms with Gasteiger partial charge in [-0.05, 0) is 11.6 Å². The summed E-state index contributed by atoms with van der Waals surface area (Å²) in [5.41, 5.74) is 1.05. The van der Waals surface area contributed by atoms with Crippen molar-refractivity contribution in [3.63, 3.8) is 0 Å². The van der Waals surface area contributed by atoms with Gasteiger partial charge in [-0.3, -0.25) is 9.19 Å². The smallest absolute Gasteiger partial charge is 0.0500 e. The largest absolute Gasteiger partial charge is 0.264 e. The molecule has 11 heavy (non-hydrogen) atoms. The molecule has 0 aliphatic heterocycles. The number of hydrogen-bond donors (Lipinski definition) is 0. The quantitative estimate of drug-likeness (QED) is 0.683. The molecule has 1 rings (SSSR count). The molecule has 2 nitrogen and oxygen atoms in total. The Balaban J connectivity index is 2.58. The van der Waals surface area contributed by atoms with E-state index in [1.807, 2.05) is 19.1 Å². The van der Waals surface area contributed by atoms with Gasteiger partial charge in [0.1, 0.15) is 0 Å². The molecule has 0 saturated heterocycles. The average molecular weight is 169 g/mol. The van der Waals surface area contributed by atoms with E-state index in [-0.39, 0.29) is 0 Å². The molecule has 1 heterocycles. The summed E-state index contributed by atoms with van der Waals surface area (Å²) >= 11 is 0. The lowest BCUT2D eigenvalue weighted by Gasteiger charge is -1.96. The molecule has 0 aliphatic carbocycles. The van der Waals surface area contributed by atoms with Gasteiger partial charge in [-0.15, -0.1) is 0 Å². The summed E-state index contributed by atoms with van der Waals surface area (Å²) in [6.45, 7) is 1.92. The highest BCUT2D eigenvalue weighted by atomic mass is 32.2. The Morgan fingerprint density at radius 2 is 2.45 bits per heavy atom. The lowest BCUT2D eigenvalue weighted by Crippen LogP contribution is -1.97. The maximum Gasteiger partial charge on any atom is 0.0500 e. The molecule has 0 fully saturated rings. The Labute approximate surface area is 69.1 Å². The molecule has 1 atom stereocenters. The molecule has 0 aliphatic rings. The normalized spacial score (nSPS) is 12.8. The van der Waals surface area contributed by atoms with Crippen molar-refractivity contribution in [2.45, 2.75) is 12.7 Å². The van der Waals surface area contributed by atoms with E-state index in [9.17, 15) is 4.21 Å². The SMILES string of the molecule is CCS(=O)Cc1cccnc1. The van der Waals surface area contributed by atoms with Crippen LogP contribution in [0.5, 0.6) is 0 Å². The Hall–Kier alpha value is -0.700. The zero-order chi connectivity index (χ0) is 8.10. The van der Waals surface area contributed by atoms with E-state index in [1.54, 1.807) is 12.4 Å². The van der Waals surface area contributed by atoms with Crippen LogP contribution >= 0.6 is 0 Å². The minimum atomic E-state index is -0.718. The zero-order valence-electron chi connectivity index (χ0n) is 6.49. The van der Waals surface area contributed by atoms with Crippen LogP contribution < -0.4 is 0 Å². The summed E-state index contributed by atoms with van der Waals surface area (Å²) in [5, 5.41) is 0. The molecule has 1 unspecified atom stereocenters. The third-order valence-electron chi connectivity index (χ3n) is 1.37. The molecule has 0 radical (unpaired) electrons. The summed E-state index contributed by atoms with van der Waals surface area (Å²) in [4.78, 5) is 3.94. The highest BCUT2D eigenvalue weighted by molar-refractivity contribution is 7.84. The molecule has 1 aromatic heterocycles. The van der Waals surface area contributed by atoms with Crippen LogP contribution in [0.1, 0.15) is 12.5 Å². The van der Waals surface area contributed by atoms with Gasteiger partial charge in [-0.1, -0.05) is 13.0 Å². The van der Waals surface area contributed by atoms with E-state index in [2.05, 4.69) is 4.98 Å². The topological polar surface area (TPSA) is 30.0 Å². The molecular weight excluding hydrogens is 158 g/mol. The van der Waals surface area contributed by atoms with Gasteiger partial charge < -0.3 is 0 Å². The second kappa shape index (κ2) is 4.23. The summed E-state index contributed by atoms with van der Waals surface area (Å²) in [6.07, 6.45) is 3.48. The lowest BCUT2D eigenvalue weighted by molar-refractivity contribution is 0.683. The average Bonchev–Trinajstić information content (AvgIpc) is 2.06. The molecule has 0 aromatic carbocycles. The van der Waals surface area contributed by atoms with Crippen molar-refractivity contribution in [1.82, 2.24) is 4.98 Å². The summed E-state index contributed by atoms with van der Waals surface area (Å²) in [7, 11) is -0.718. The Morgan fingerprint density at radius 3 is 3.00 bits per heavy atom. The molecule has 0 bridgehead atoms. The van der Waals surface area contributed by atoms with Crippen LogP contribution in [0.2, 0.25) is 0 Å². The lowest BCUT2D eigenvalue weighted by atomic mass is 10.3. The van der Waals surface area contributed by atoms with Crippen LogP contribution in [-0.2, 0) is 16.6 Å². The van der Waals surface area contributed by atoms with Gasteiger partial charge in [-0.2, -0.15) is 0 Å². The predicted octanol–water partition coefficient (Wildman–Crippen LogP) is 1.35. The van der Waals surface area contributed by atoms with Crippen LogP contribution in [0.3, 0.4) is 0 Å². The molecule has 0 spiro atoms. The van der Waals surface area contributed by atoms with Gasteiger partial charge in [0.05, 0.1) is 5.75 Å². The molecular formula is C8H11NOS. The minimum absolute atomic E-state index is 0.629. The van der Waals surface area contributed by atoms with Gasteiger partial charge >= 0.3 is 0 Å². The van der Waals surface area contributed by atoms with E-state index in [0.29, 0.717) is 5.75 Å². The van der Waals surface area contributed by atoms with Gasteiger partial charge in [0.15, 0.2) is 0 Å². The van der Waals surface area contributed by atoms with Crippen molar-refractivity contribution in [2.75, 3.05) is 5.75 Å². The van der Waals surface area contributed by atoms with Gasteiger partial charge in [0, 0.05) is 28.9 Å². The maximum absolute atomic E-state index is 11.1. The van der Waals surface area contributed by atoms with E-state index in [0.717, 1.165) is 11.3 Å². The second-order valence-electron chi connectivity index (χ2n) is 2.23. The van der Waals surface area contributed by atoms with Crippen molar-refractivity contribution in [1.29, 1.82) is 0 Å². The predicted molar refractivity (Wildman–Crippen MR) is 46.6 cm³/mol. The number of rotatable bonds is 3. The fourth-order valence-corrected chi connectivity index (χ4v) is 1.52. The number of hydrogen-bond acceptors (Lipinski definition) is 2. The highest BCUT2D eigenvalue weighted by Gasteiger charge is 1.96. The molecule has 3 heteroatoms. The first-order chi connectivity index (χ1) is 5.33. The molecule has 0 N–H and O–H groups in total. The molecule has 1 aromatic rings. The van der Waals surface area contributed by atoms with E-state index >= 15 is 0 Å². The first-order valence-electron chi connectivity index (χ1n) is 3.57. The Kier molecular flexibility index (Phi) is 3.23. The minimum Gasteiger partial charge on any atom is -0.264 e. The van der Waals surface area contributed by atoms with Crippen molar-refractivity contribution >= 4 is 10.8 Å². The summed E-state index contributed by atoms with van der Waals surface area (Å²) in [5.74, 6) is 1.35. The third-order valence-corrected chi connectivity index (χ3v) is 2.67. The van der Waals surface area contributed by atoms with Gasteiger partial charge in [0.25, 0.3) is 0 Å². The van der Waals surface area contributed by atoms with Crippen LogP contribution in [0, 0.1) is 0 Å². The fraction of sp³-hybridized carbons (Fsp3) is 0.375. The van der Waals surface area contributed by atoms with E-state index in [1.165, 1.54) is 0 Å². The van der Waals surface area contributed by atoms with Crippen LogP contribution in [0.25, 0.3) is 0 Å². The Morgan fingerprint density at radius 1 is 1.64 bits per heavy atom. The number of nitrogens with zero attached hydrogens (tertiary/aromatic N) is 1. The molecule has 60 valence electrons. The van der Waals surface area contributed by atoms with Gasteiger partial charge in [0.2, 0.25) is 0 Å². The second-order valence-corrected chi connectivity index (χ2v) is 3.98. The third kappa shape index (κ3) is 2.80. The summed E-state index contributed by atoms with van der Waals surface area (Å²) < 4.78 is 11.1. The van der Waals surface area contributed by atoms with Crippen molar-refractivity contribution < 1.29 is 4.21 Å². The first kappa shape index (κ1) is 8.40. The zero-order valence-corrected chi connectivity index (χ0v) is 7.30. The van der Waals surface area contributed by atoms with E-state index < -0.39 is 10.8 Å². The molecule has 0 saturated carbocycles. The highest BCUT2D eigenvalue weighted by Crippen LogP contribution is 1.99. The number of pyridine rings is 1.